The van der Waals surface area contributed by atoms with Crippen LogP contribution in [0.4, 0.5) is 13.2 Å². The summed E-state index contributed by atoms with van der Waals surface area (Å²) < 4.78 is 37.5. The number of hydrogen-bond acceptors (Lipinski definition) is 2. The highest BCUT2D eigenvalue weighted by Crippen LogP contribution is 2.71. The standard InChI is InChI=1S/C16H15Cl2F3O2S/c1-14(2)11(7-12(17)18)15(14,13(22)23)8-9-4-3-5-10(6-9)24-16(19,20)21/h3-7,11H,8H2,1-2H3,(H,22,23). The number of halogens is 5. The van der Waals surface area contributed by atoms with E-state index < -0.39 is 28.2 Å². The largest absolute Gasteiger partial charge is 0.481 e. The van der Waals surface area contributed by atoms with E-state index in [1.807, 2.05) is 0 Å². The molecule has 0 spiro atoms. The topological polar surface area (TPSA) is 37.3 Å². The third kappa shape index (κ3) is 3.70. The number of allylic oxidation sites excluding steroid dienone is 1. The molecular formula is C16H15Cl2F3O2S. The fourth-order valence-electron chi connectivity index (χ4n) is 3.37. The number of rotatable bonds is 5. The van der Waals surface area contributed by atoms with E-state index in [4.69, 9.17) is 23.2 Å². The minimum Gasteiger partial charge on any atom is -0.481 e. The van der Waals surface area contributed by atoms with Crippen LogP contribution in [0.2, 0.25) is 0 Å². The molecule has 0 radical (unpaired) electrons. The minimum absolute atomic E-state index is 0.0161. The van der Waals surface area contributed by atoms with E-state index in [-0.39, 0.29) is 27.6 Å². The molecule has 2 unspecified atom stereocenters. The SMILES string of the molecule is CC1(C)C(C=C(Cl)Cl)C1(Cc1cccc(SC(F)(F)F)c1)C(=O)O. The Labute approximate surface area is 152 Å². The lowest BCUT2D eigenvalue weighted by atomic mass is 9.88. The highest BCUT2D eigenvalue weighted by Gasteiger charge is 2.74. The van der Waals surface area contributed by atoms with Gasteiger partial charge >= 0.3 is 11.5 Å². The number of carbonyl (C=O) groups is 1. The zero-order valence-electron chi connectivity index (χ0n) is 12.8. The first kappa shape index (κ1) is 19.5. The molecular weight excluding hydrogens is 384 g/mol. The number of hydrogen-bond donors (Lipinski definition) is 1. The van der Waals surface area contributed by atoms with E-state index in [2.05, 4.69) is 0 Å². The predicted octanol–water partition coefficient (Wildman–Crippen LogP) is 5.89. The van der Waals surface area contributed by atoms with Crippen LogP contribution < -0.4 is 0 Å². The molecule has 1 aliphatic carbocycles. The molecule has 1 N–H and O–H groups in total. The molecule has 8 heteroatoms. The predicted molar refractivity (Wildman–Crippen MR) is 89.2 cm³/mol. The van der Waals surface area contributed by atoms with Gasteiger partial charge in [-0.15, -0.1) is 0 Å². The van der Waals surface area contributed by atoms with Crippen molar-refractivity contribution in [2.24, 2.45) is 16.7 Å². The summed E-state index contributed by atoms with van der Waals surface area (Å²) in [4.78, 5) is 11.9. The van der Waals surface area contributed by atoms with Crippen LogP contribution in [-0.2, 0) is 11.2 Å². The van der Waals surface area contributed by atoms with Gasteiger partial charge < -0.3 is 5.11 Å². The highest BCUT2D eigenvalue weighted by molar-refractivity contribution is 8.00. The lowest BCUT2D eigenvalue weighted by Crippen LogP contribution is -2.24. The zero-order valence-corrected chi connectivity index (χ0v) is 15.2. The number of aliphatic carboxylic acids is 1. The molecule has 132 valence electrons. The Bertz CT molecular complexity index is 684. The highest BCUT2D eigenvalue weighted by atomic mass is 35.5. The van der Waals surface area contributed by atoms with Gasteiger partial charge in [0.05, 0.1) is 5.41 Å². The second kappa shape index (κ2) is 6.46. The number of thioether (sulfide) groups is 1. The Morgan fingerprint density at radius 1 is 1.38 bits per heavy atom. The molecule has 2 atom stereocenters. The molecule has 0 heterocycles. The van der Waals surface area contributed by atoms with Gasteiger partial charge in [-0.05, 0) is 47.4 Å². The van der Waals surface area contributed by atoms with Crippen molar-refractivity contribution in [3.8, 4) is 0 Å². The lowest BCUT2D eigenvalue weighted by Gasteiger charge is -2.16. The van der Waals surface area contributed by atoms with Crippen molar-refractivity contribution in [3.63, 3.8) is 0 Å². The molecule has 24 heavy (non-hydrogen) atoms. The Morgan fingerprint density at radius 2 is 2.00 bits per heavy atom. The van der Waals surface area contributed by atoms with Gasteiger partial charge in [-0.1, -0.05) is 49.2 Å². The maximum atomic E-state index is 12.5. The monoisotopic (exact) mass is 398 g/mol. The van der Waals surface area contributed by atoms with Crippen LogP contribution in [0.1, 0.15) is 19.4 Å². The Balaban J connectivity index is 2.33. The van der Waals surface area contributed by atoms with E-state index in [1.165, 1.54) is 24.3 Å². The molecule has 0 saturated heterocycles. The van der Waals surface area contributed by atoms with Crippen molar-refractivity contribution < 1.29 is 23.1 Å². The van der Waals surface area contributed by atoms with Gasteiger partial charge in [-0.2, -0.15) is 13.2 Å². The number of carboxylic acid groups (broad SMARTS) is 1. The molecule has 2 nitrogen and oxygen atoms in total. The van der Waals surface area contributed by atoms with E-state index in [0.717, 1.165) is 0 Å². The van der Waals surface area contributed by atoms with Crippen molar-refractivity contribution in [1.82, 2.24) is 0 Å². The van der Waals surface area contributed by atoms with E-state index >= 15 is 0 Å². The molecule has 1 aromatic rings. The Hall–Kier alpha value is -0.850. The summed E-state index contributed by atoms with van der Waals surface area (Å²) in [5, 5.41) is 9.74. The first-order valence-electron chi connectivity index (χ1n) is 7.01. The van der Waals surface area contributed by atoms with E-state index in [1.54, 1.807) is 19.9 Å². The first-order chi connectivity index (χ1) is 10.9. The molecule has 0 aliphatic heterocycles. The van der Waals surface area contributed by atoms with Crippen LogP contribution in [-0.4, -0.2) is 16.6 Å². The summed E-state index contributed by atoms with van der Waals surface area (Å²) in [7, 11) is 0. The first-order valence-corrected chi connectivity index (χ1v) is 8.58. The lowest BCUT2D eigenvalue weighted by molar-refractivity contribution is -0.145. The fourth-order valence-corrected chi connectivity index (χ4v) is 4.24. The van der Waals surface area contributed by atoms with Gasteiger partial charge in [-0.25, -0.2) is 0 Å². The minimum atomic E-state index is -4.39. The summed E-state index contributed by atoms with van der Waals surface area (Å²) in [6.45, 7) is 3.57. The quantitative estimate of drug-likeness (QED) is 0.628. The number of benzene rings is 1. The van der Waals surface area contributed by atoms with Gasteiger partial charge in [0.1, 0.15) is 4.49 Å². The van der Waals surface area contributed by atoms with Crippen LogP contribution in [0.15, 0.2) is 39.7 Å². The van der Waals surface area contributed by atoms with Crippen LogP contribution in [0.3, 0.4) is 0 Å². The van der Waals surface area contributed by atoms with Crippen molar-refractivity contribution in [1.29, 1.82) is 0 Å². The van der Waals surface area contributed by atoms with E-state index in [0.29, 0.717) is 5.56 Å². The van der Waals surface area contributed by atoms with Crippen molar-refractivity contribution in [2.75, 3.05) is 0 Å². The molecule has 1 saturated carbocycles. The van der Waals surface area contributed by atoms with Crippen molar-refractivity contribution in [2.45, 2.75) is 30.7 Å². The smallest absolute Gasteiger partial charge is 0.446 e. The van der Waals surface area contributed by atoms with Crippen LogP contribution in [0.5, 0.6) is 0 Å². The third-order valence-corrected chi connectivity index (χ3v) is 5.64. The normalized spacial score (nSPS) is 25.2. The molecule has 0 amide bonds. The summed E-state index contributed by atoms with van der Waals surface area (Å²) in [6.07, 6.45) is 1.59. The Morgan fingerprint density at radius 3 is 2.50 bits per heavy atom. The molecule has 0 aromatic heterocycles. The molecule has 2 rings (SSSR count). The van der Waals surface area contributed by atoms with Gasteiger partial charge in [0.2, 0.25) is 0 Å². The number of carboxylic acids is 1. The summed E-state index contributed by atoms with van der Waals surface area (Å²) in [6, 6.07) is 5.84. The summed E-state index contributed by atoms with van der Waals surface area (Å²) >= 11 is 11.1. The zero-order chi connectivity index (χ0) is 18.3. The van der Waals surface area contributed by atoms with Crippen LogP contribution >= 0.6 is 35.0 Å². The molecule has 0 bridgehead atoms. The maximum Gasteiger partial charge on any atom is 0.446 e. The number of alkyl halides is 3. The molecule has 1 aromatic carbocycles. The molecule has 1 aliphatic rings. The Kier molecular flexibility index (Phi) is 5.25. The second-order valence-corrected chi connectivity index (χ2v) is 8.45. The maximum absolute atomic E-state index is 12.5. The van der Waals surface area contributed by atoms with Crippen LogP contribution in [0.25, 0.3) is 0 Å². The van der Waals surface area contributed by atoms with Crippen LogP contribution in [0, 0.1) is 16.7 Å². The van der Waals surface area contributed by atoms with Crippen molar-refractivity contribution in [3.05, 3.63) is 40.4 Å². The van der Waals surface area contributed by atoms with Gasteiger partial charge in [-0.3, -0.25) is 4.79 Å². The van der Waals surface area contributed by atoms with Gasteiger partial charge in [0, 0.05) is 10.8 Å². The van der Waals surface area contributed by atoms with Crippen molar-refractivity contribution >= 4 is 40.9 Å². The average Bonchev–Trinajstić information content (AvgIpc) is 2.84. The summed E-state index contributed by atoms with van der Waals surface area (Å²) in [5.41, 5.74) is -5.62. The second-order valence-electron chi connectivity index (χ2n) is 6.30. The third-order valence-electron chi connectivity index (χ3n) is 4.66. The molecule has 1 fully saturated rings. The van der Waals surface area contributed by atoms with Gasteiger partial charge in [0.15, 0.2) is 0 Å². The van der Waals surface area contributed by atoms with E-state index in [9.17, 15) is 23.1 Å². The fraction of sp³-hybridized carbons (Fsp3) is 0.438. The van der Waals surface area contributed by atoms with Gasteiger partial charge in [0.25, 0.3) is 0 Å². The summed E-state index contributed by atoms with van der Waals surface area (Å²) in [5.74, 6) is -1.41. The average molecular weight is 399 g/mol.